The molecule has 4 rings (SSSR count). The third-order valence-corrected chi connectivity index (χ3v) is 5.67. The zero-order chi connectivity index (χ0) is 23.2. The lowest BCUT2D eigenvalue weighted by molar-refractivity contribution is -0.133. The average molecular weight is 449 g/mol. The number of carbonyl (C=O) groups excluding carboxylic acids is 3. The van der Waals surface area contributed by atoms with Crippen LogP contribution < -0.4 is 15.0 Å². The molecule has 0 aliphatic carbocycles. The number of rotatable bonds is 7. The summed E-state index contributed by atoms with van der Waals surface area (Å²) in [5, 5.41) is 8.72. The number of nitrogens with zero attached hydrogens (tertiary/aromatic N) is 3. The van der Waals surface area contributed by atoms with Gasteiger partial charge in [0.05, 0.1) is 24.5 Å². The monoisotopic (exact) mass is 448 g/mol. The first-order valence-corrected chi connectivity index (χ1v) is 11.3. The maximum absolute atomic E-state index is 13.1. The Balaban J connectivity index is 1.39. The quantitative estimate of drug-likeness (QED) is 0.705. The minimum atomic E-state index is -0.789. The molecule has 8 nitrogen and oxygen atoms in total. The van der Waals surface area contributed by atoms with Crippen LogP contribution in [-0.2, 0) is 14.4 Å². The number of nitrogens with one attached hydrogen (secondary N) is 1. The average Bonchev–Trinajstić information content (AvgIpc) is 3.36. The van der Waals surface area contributed by atoms with Crippen LogP contribution in [0.25, 0.3) is 0 Å². The van der Waals surface area contributed by atoms with E-state index in [1.165, 1.54) is 5.01 Å². The molecule has 1 N–H and O–H groups in total. The van der Waals surface area contributed by atoms with Crippen LogP contribution in [0.15, 0.2) is 59.7 Å². The maximum atomic E-state index is 13.1. The van der Waals surface area contributed by atoms with Gasteiger partial charge in [-0.3, -0.25) is 14.4 Å². The highest BCUT2D eigenvalue weighted by molar-refractivity contribution is 6.03. The lowest BCUT2D eigenvalue weighted by Crippen LogP contribution is -2.51. The normalized spacial score (nSPS) is 17.1. The molecule has 172 valence electrons. The van der Waals surface area contributed by atoms with Crippen molar-refractivity contribution in [2.45, 2.75) is 38.7 Å². The van der Waals surface area contributed by atoms with Gasteiger partial charge in [-0.25, -0.2) is 5.01 Å². The number of para-hydroxylation sites is 2. The number of amides is 3. The Morgan fingerprint density at radius 2 is 1.76 bits per heavy atom. The van der Waals surface area contributed by atoms with Gasteiger partial charge in [-0.05, 0) is 24.1 Å². The molecule has 0 aromatic heterocycles. The molecule has 1 atom stereocenters. The summed E-state index contributed by atoms with van der Waals surface area (Å²) in [6, 6.07) is 16.9. The van der Waals surface area contributed by atoms with Crippen molar-refractivity contribution in [3.8, 4) is 5.75 Å². The van der Waals surface area contributed by atoms with Crippen molar-refractivity contribution in [3.63, 3.8) is 0 Å². The molecular weight excluding hydrogens is 420 g/mol. The van der Waals surface area contributed by atoms with Crippen LogP contribution in [0, 0.1) is 0 Å². The van der Waals surface area contributed by atoms with E-state index in [9.17, 15) is 14.4 Å². The van der Waals surface area contributed by atoms with Gasteiger partial charge in [-0.1, -0.05) is 49.4 Å². The topological polar surface area (TPSA) is 91.3 Å². The van der Waals surface area contributed by atoms with Crippen LogP contribution in [-0.4, -0.2) is 54.2 Å². The van der Waals surface area contributed by atoms with E-state index in [-0.39, 0.29) is 37.1 Å². The Morgan fingerprint density at radius 1 is 1.03 bits per heavy atom. The van der Waals surface area contributed by atoms with Crippen molar-refractivity contribution in [2.24, 2.45) is 5.10 Å². The highest BCUT2D eigenvalue weighted by atomic mass is 16.5. The minimum absolute atomic E-state index is 0.0309. The van der Waals surface area contributed by atoms with E-state index < -0.39 is 6.10 Å². The Kier molecular flexibility index (Phi) is 7.02. The fourth-order valence-electron chi connectivity index (χ4n) is 3.92. The second-order valence-corrected chi connectivity index (χ2v) is 8.05. The molecule has 33 heavy (non-hydrogen) atoms. The van der Waals surface area contributed by atoms with E-state index in [2.05, 4.69) is 10.4 Å². The largest absolute Gasteiger partial charge is 0.477 e. The molecule has 0 unspecified atom stereocenters. The summed E-state index contributed by atoms with van der Waals surface area (Å²) in [4.78, 5) is 39.8. The van der Waals surface area contributed by atoms with Crippen molar-refractivity contribution in [2.75, 3.05) is 24.5 Å². The minimum Gasteiger partial charge on any atom is -0.477 e. The van der Waals surface area contributed by atoms with Gasteiger partial charge in [0.15, 0.2) is 6.10 Å². The molecule has 0 spiro atoms. The number of benzene rings is 2. The summed E-state index contributed by atoms with van der Waals surface area (Å²) in [5.74, 6) is -0.177. The van der Waals surface area contributed by atoms with Gasteiger partial charge in [0.1, 0.15) is 5.75 Å². The smallest absolute Gasteiger partial charge is 0.262 e. The Bertz CT molecular complexity index is 1050. The van der Waals surface area contributed by atoms with Crippen LogP contribution in [0.5, 0.6) is 5.75 Å². The first kappa shape index (κ1) is 22.5. The standard InChI is InChI=1S/C25H28N4O4/c1-2-15-26-25(32)22-17-28(20-10-6-7-11-21(20)33-22)23(30)12-13-24(31)29-16-14-19(27-29)18-8-4-3-5-9-18/h3-11,22H,2,12-17H2,1H3,(H,26,32)/t22-/m1/s1. The van der Waals surface area contributed by atoms with Gasteiger partial charge in [-0.2, -0.15) is 5.10 Å². The van der Waals surface area contributed by atoms with E-state index in [1.54, 1.807) is 23.1 Å². The maximum Gasteiger partial charge on any atom is 0.262 e. The molecule has 0 saturated carbocycles. The van der Waals surface area contributed by atoms with Crippen LogP contribution in [0.3, 0.4) is 0 Å². The molecule has 2 aliphatic heterocycles. The molecule has 2 aliphatic rings. The number of carbonyl (C=O) groups is 3. The lowest BCUT2D eigenvalue weighted by atomic mass is 10.1. The van der Waals surface area contributed by atoms with Crippen LogP contribution >= 0.6 is 0 Å². The van der Waals surface area contributed by atoms with E-state index >= 15 is 0 Å². The Hall–Kier alpha value is -3.68. The fraction of sp³-hybridized carbons (Fsp3) is 0.360. The summed E-state index contributed by atoms with van der Waals surface area (Å²) < 4.78 is 5.83. The van der Waals surface area contributed by atoms with Crippen molar-refractivity contribution in [1.29, 1.82) is 0 Å². The van der Waals surface area contributed by atoms with Gasteiger partial charge in [0.2, 0.25) is 11.8 Å². The van der Waals surface area contributed by atoms with Crippen molar-refractivity contribution in [3.05, 3.63) is 60.2 Å². The first-order chi connectivity index (χ1) is 16.1. The zero-order valence-corrected chi connectivity index (χ0v) is 18.7. The summed E-state index contributed by atoms with van der Waals surface area (Å²) in [6.07, 6.45) is 0.794. The molecule has 0 saturated heterocycles. The Morgan fingerprint density at radius 3 is 2.55 bits per heavy atom. The SMILES string of the molecule is CCCNC(=O)[C@H]1CN(C(=O)CCC(=O)N2CCC(c3ccccc3)=N2)c2ccccc2O1. The number of hydrazone groups is 1. The number of ether oxygens (including phenoxy) is 1. The molecule has 3 amide bonds. The Labute approximate surface area is 193 Å². The van der Waals surface area contributed by atoms with E-state index in [4.69, 9.17) is 4.74 Å². The third kappa shape index (κ3) is 5.22. The van der Waals surface area contributed by atoms with Gasteiger partial charge >= 0.3 is 0 Å². The van der Waals surface area contributed by atoms with Crippen LogP contribution in [0.1, 0.15) is 38.2 Å². The lowest BCUT2D eigenvalue weighted by Gasteiger charge is -2.34. The predicted molar refractivity (Wildman–Crippen MR) is 125 cm³/mol. The first-order valence-electron chi connectivity index (χ1n) is 11.3. The molecule has 0 radical (unpaired) electrons. The molecule has 0 fully saturated rings. The number of hydrogen-bond acceptors (Lipinski definition) is 5. The molecule has 2 aromatic rings. The molecule has 8 heteroatoms. The van der Waals surface area contributed by atoms with Crippen LogP contribution in [0.4, 0.5) is 5.69 Å². The number of anilines is 1. The van der Waals surface area contributed by atoms with Gasteiger partial charge in [0.25, 0.3) is 5.91 Å². The summed E-state index contributed by atoms with van der Waals surface area (Å²) >= 11 is 0. The van der Waals surface area contributed by atoms with E-state index in [0.717, 1.165) is 17.7 Å². The summed E-state index contributed by atoms with van der Waals surface area (Å²) in [7, 11) is 0. The van der Waals surface area contributed by atoms with Gasteiger partial charge < -0.3 is 15.0 Å². The van der Waals surface area contributed by atoms with Crippen LogP contribution in [0.2, 0.25) is 0 Å². The zero-order valence-electron chi connectivity index (χ0n) is 18.7. The second-order valence-electron chi connectivity index (χ2n) is 8.05. The van der Waals surface area contributed by atoms with Crippen molar-refractivity contribution in [1.82, 2.24) is 10.3 Å². The fourth-order valence-corrected chi connectivity index (χ4v) is 3.92. The highest BCUT2D eigenvalue weighted by Gasteiger charge is 2.34. The van der Waals surface area contributed by atoms with Crippen molar-refractivity contribution < 1.29 is 19.1 Å². The van der Waals surface area contributed by atoms with E-state index in [1.807, 2.05) is 43.3 Å². The van der Waals surface area contributed by atoms with Gasteiger partial charge in [-0.15, -0.1) is 0 Å². The molecular formula is C25H28N4O4. The number of hydrogen-bond donors (Lipinski definition) is 1. The predicted octanol–water partition coefficient (Wildman–Crippen LogP) is 2.72. The molecule has 2 aromatic carbocycles. The number of fused-ring (bicyclic) bond motifs is 1. The molecule has 0 bridgehead atoms. The summed E-state index contributed by atoms with van der Waals surface area (Å²) in [6.45, 7) is 3.14. The second kappa shape index (κ2) is 10.3. The summed E-state index contributed by atoms with van der Waals surface area (Å²) in [5.41, 5.74) is 2.49. The molecule has 2 heterocycles. The third-order valence-electron chi connectivity index (χ3n) is 5.67. The van der Waals surface area contributed by atoms with Gasteiger partial charge in [0, 0.05) is 25.8 Å². The van der Waals surface area contributed by atoms with E-state index in [0.29, 0.717) is 30.9 Å². The van der Waals surface area contributed by atoms with Crippen molar-refractivity contribution >= 4 is 29.1 Å². The highest BCUT2D eigenvalue weighted by Crippen LogP contribution is 2.33.